The number of carbonyl (C=O) groups is 1. The molecule has 0 spiro atoms. The molecular weight excluding hydrogens is 448 g/mol. The molecule has 0 aliphatic rings. The summed E-state index contributed by atoms with van der Waals surface area (Å²) in [6.45, 7) is 0.496. The number of nitrogens with one attached hydrogen (secondary N) is 3. The summed E-state index contributed by atoms with van der Waals surface area (Å²) < 4.78 is 32.4. The highest BCUT2D eigenvalue weighted by molar-refractivity contribution is 7.87. The van der Waals surface area contributed by atoms with Crippen molar-refractivity contribution in [2.45, 2.75) is 17.7 Å². The molecule has 0 unspecified atom stereocenters. The number of aromatic nitrogens is 4. The molecule has 0 radical (unpaired) electrons. The van der Waals surface area contributed by atoms with Crippen molar-refractivity contribution in [3.05, 3.63) is 61.2 Å². The fourth-order valence-corrected chi connectivity index (χ4v) is 3.98. The number of nitrogens with zero attached hydrogens (tertiary/aromatic N) is 3. The number of H-pyrrole nitrogens is 1. The topological polar surface area (TPSA) is 151 Å². The quantitative estimate of drug-likeness (QED) is 0.217. The lowest BCUT2D eigenvalue weighted by Gasteiger charge is -2.08. The van der Waals surface area contributed by atoms with Crippen LogP contribution >= 0.6 is 0 Å². The van der Waals surface area contributed by atoms with Crippen molar-refractivity contribution in [3.8, 4) is 11.4 Å². The van der Waals surface area contributed by atoms with E-state index in [2.05, 4.69) is 25.6 Å². The van der Waals surface area contributed by atoms with Gasteiger partial charge in [-0.1, -0.05) is 0 Å². The maximum atomic E-state index is 12.7. The zero-order chi connectivity index (χ0) is 23.3. The first kappa shape index (κ1) is 22.3. The van der Waals surface area contributed by atoms with Gasteiger partial charge in [0, 0.05) is 37.3 Å². The van der Waals surface area contributed by atoms with Gasteiger partial charge in [0.15, 0.2) is 0 Å². The number of carbonyl (C=O) groups excluding carboxylic acids is 1. The molecule has 33 heavy (non-hydrogen) atoms. The van der Waals surface area contributed by atoms with Crippen molar-refractivity contribution < 1.29 is 22.5 Å². The minimum atomic E-state index is -4.05. The minimum absolute atomic E-state index is 0.0105. The van der Waals surface area contributed by atoms with Crippen LogP contribution in [0.1, 0.15) is 12.8 Å². The van der Waals surface area contributed by atoms with Crippen LogP contribution in [0.5, 0.6) is 5.75 Å². The van der Waals surface area contributed by atoms with E-state index in [1.54, 1.807) is 41.5 Å². The van der Waals surface area contributed by atoms with Crippen molar-refractivity contribution in [2.75, 3.05) is 18.5 Å². The minimum Gasteiger partial charge on any atom is -0.396 e. The molecule has 4 aromatic rings. The Morgan fingerprint density at radius 3 is 2.70 bits per heavy atom. The second kappa shape index (κ2) is 9.71. The number of amides is 2. The number of hydrogen-bond donors (Lipinski definition) is 4. The summed E-state index contributed by atoms with van der Waals surface area (Å²) in [4.78, 5) is 23.0. The number of unbranched alkanes of at least 4 members (excludes halogenated alkanes) is 1. The van der Waals surface area contributed by atoms with E-state index in [1.165, 1.54) is 24.3 Å². The van der Waals surface area contributed by atoms with Crippen LogP contribution in [-0.2, 0) is 10.1 Å². The standard InChI is InChI=1S/C21H22N6O5S/c28-12-2-1-9-23-21(29)26-20-24-18-8-5-16(13-19(18)25-20)32-33(30,31)17-6-3-15(4-7-17)27-11-10-22-14-27/h3-8,10-11,13-14,28H,1-2,9,12H2,(H3,23,24,25,26,29). The van der Waals surface area contributed by atoms with E-state index in [-0.39, 0.29) is 23.2 Å². The number of hydrogen-bond acceptors (Lipinski definition) is 7. The molecule has 0 saturated heterocycles. The molecule has 0 bridgehead atoms. The third-order valence-corrected chi connectivity index (χ3v) is 5.95. The molecule has 2 aromatic heterocycles. The first-order chi connectivity index (χ1) is 15.9. The number of benzene rings is 2. The fourth-order valence-electron chi connectivity index (χ4n) is 3.06. The van der Waals surface area contributed by atoms with Crippen molar-refractivity contribution >= 4 is 33.1 Å². The van der Waals surface area contributed by atoms with Crippen molar-refractivity contribution in [2.24, 2.45) is 0 Å². The lowest BCUT2D eigenvalue weighted by atomic mass is 10.3. The Kier molecular flexibility index (Phi) is 6.56. The van der Waals surface area contributed by atoms with Crippen molar-refractivity contribution in [1.29, 1.82) is 0 Å². The Bertz CT molecular complexity index is 1330. The molecule has 0 saturated carbocycles. The van der Waals surface area contributed by atoms with E-state index in [9.17, 15) is 13.2 Å². The molecule has 12 heteroatoms. The normalized spacial score (nSPS) is 11.4. The average molecular weight is 471 g/mol. The number of anilines is 1. The Morgan fingerprint density at radius 1 is 1.15 bits per heavy atom. The van der Waals surface area contributed by atoms with Gasteiger partial charge in [-0.2, -0.15) is 8.42 Å². The second-order valence-corrected chi connectivity index (χ2v) is 8.62. The van der Waals surface area contributed by atoms with E-state index in [0.717, 1.165) is 5.69 Å². The SMILES string of the molecule is O=C(NCCCCO)Nc1nc2ccc(OS(=O)(=O)c3ccc(-n4ccnc4)cc3)cc2[nH]1. The summed E-state index contributed by atoms with van der Waals surface area (Å²) >= 11 is 0. The highest BCUT2D eigenvalue weighted by Gasteiger charge is 2.18. The summed E-state index contributed by atoms with van der Waals surface area (Å²) in [5.74, 6) is 0.310. The van der Waals surface area contributed by atoms with Crippen LogP contribution in [0.15, 0.2) is 66.1 Å². The number of aliphatic hydroxyl groups excluding tert-OH is 1. The number of aromatic amines is 1. The molecule has 0 aliphatic heterocycles. The molecule has 172 valence electrons. The third-order valence-electron chi connectivity index (χ3n) is 4.69. The van der Waals surface area contributed by atoms with Gasteiger partial charge < -0.3 is 24.2 Å². The van der Waals surface area contributed by atoms with E-state index >= 15 is 0 Å². The average Bonchev–Trinajstić information content (AvgIpc) is 3.46. The van der Waals surface area contributed by atoms with Gasteiger partial charge in [-0.05, 0) is 49.2 Å². The molecule has 2 heterocycles. The number of rotatable bonds is 9. The second-order valence-electron chi connectivity index (χ2n) is 7.08. The van der Waals surface area contributed by atoms with Gasteiger partial charge in [-0.15, -0.1) is 0 Å². The van der Waals surface area contributed by atoms with E-state index < -0.39 is 16.1 Å². The largest absolute Gasteiger partial charge is 0.396 e. The Hall–Kier alpha value is -3.90. The molecule has 0 aliphatic carbocycles. The lowest BCUT2D eigenvalue weighted by Crippen LogP contribution is -2.30. The van der Waals surface area contributed by atoms with E-state index in [0.29, 0.717) is 30.4 Å². The molecule has 2 aromatic carbocycles. The zero-order valence-corrected chi connectivity index (χ0v) is 18.2. The highest BCUT2D eigenvalue weighted by atomic mass is 32.2. The Balaban J connectivity index is 1.43. The predicted molar refractivity (Wildman–Crippen MR) is 121 cm³/mol. The summed E-state index contributed by atoms with van der Waals surface area (Å²) in [5.41, 5.74) is 1.79. The van der Waals surface area contributed by atoms with Crippen LogP contribution in [0.25, 0.3) is 16.7 Å². The van der Waals surface area contributed by atoms with Gasteiger partial charge in [-0.3, -0.25) is 5.32 Å². The van der Waals surface area contributed by atoms with Crippen LogP contribution in [0.4, 0.5) is 10.7 Å². The van der Waals surface area contributed by atoms with Crippen LogP contribution in [0, 0.1) is 0 Å². The number of fused-ring (bicyclic) bond motifs is 1. The number of urea groups is 1. The fraction of sp³-hybridized carbons (Fsp3) is 0.190. The van der Waals surface area contributed by atoms with Crippen LogP contribution in [0.2, 0.25) is 0 Å². The lowest BCUT2D eigenvalue weighted by molar-refractivity contribution is 0.250. The molecule has 0 fully saturated rings. The van der Waals surface area contributed by atoms with Crippen LogP contribution in [0.3, 0.4) is 0 Å². The van der Waals surface area contributed by atoms with E-state index in [4.69, 9.17) is 9.29 Å². The monoisotopic (exact) mass is 470 g/mol. The summed E-state index contributed by atoms with van der Waals surface area (Å²) in [6.07, 6.45) is 6.26. The summed E-state index contributed by atoms with van der Waals surface area (Å²) in [6, 6.07) is 10.4. The first-order valence-electron chi connectivity index (χ1n) is 10.1. The van der Waals surface area contributed by atoms with Gasteiger partial charge >= 0.3 is 16.1 Å². The highest BCUT2D eigenvalue weighted by Crippen LogP contribution is 2.24. The van der Waals surface area contributed by atoms with Crippen molar-refractivity contribution in [3.63, 3.8) is 0 Å². The molecule has 2 amide bonds. The zero-order valence-electron chi connectivity index (χ0n) is 17.4. The Labute approximate surface area is 189 Å². The van der Waals surface area contributed by atoms with Gasteiger partial charge in [0.1, 0.15) is 10.6 Å². The molecule has 4 N–H and O–H groups in total. The maximum absolute atomic E-state index is 12.7. The smallest absolute Gasteiger partial charge is 0.339 e. The van der Waals surface area contributed by atoms with Gasteiger partial charge in [0.05, 0.1) is 17.4 Å². The predicted octanol–water partition coefficient (Wildman–Crippen LogP) is 2.41. The van der Waals surface area contributed by atoms with Crippen molar-refractivity contribution in [1.82, 2.24) is 24.8 Å². The third kappa shape index (κ3) is 5.48. The molecular formula is C21H22N6O5S. The molecule has 4 rings (SSSR count). The van der Waals surface area contributed by atoms with Gasteiger partial charge in [0.2, 0.25) is 5.95 Å². The summed E-state index contributed by atoms with van der Waals surface area (Å²) in [7, 11) is -4.05. The molecule has 0 atom stereocenters. The Morgan fingerprint density at radius 2 is 1.97 bits per heavy atom. The van der Waals surface area contributed by atoms with Crippen LogP contribution in [-0.4, -0.2) is 52.2 Å². The first-order valence-corrected chi connectivity index (χ1v) is 11.5. The number of imidazole rings is 2. The van der Waals surface area contributed by atoms with Crippen LogP contribution < -0.4 is 14.8 Å². The van der Waals surface area contributed by atoms with Gasteiger partial charge in [0.25, 0.3) is 0 Å². The molecule has 11 nitrogen and oxygen atoms in total. The maximum Gasteiger partial charge on any atom is 0.339 e. The summed E-state index contributed by atoms with van der Waals surface area (Å²) in [5, 5.41) is 14.0. The van der Waals surface area contributed by atoms with E-state index in [1.807, 2.05) is 0 Å². The number of aliphatic hydroxyl groups is 1. The van der Waals surface area contributed by atoms with Gasteiger partial charge in [-0.25, -0.2) is 14.8 Å².